The Kier molecular flexibility index (Phi) is 6.79. The summed E-state index contributed by atoms with van der Waals surface area (Å²) in [5.41, 5.74) is 6.85. The summed E-state index contributed by atoms with van der Waals surface area (Å²) >= 11 is 7.44. The Balaban J connectivity index is 2.74. The Hall–Kier alpha value is -1.66. The number of anilines is 1. The molecule has 0 saturated heterocycles. The smallest absolute Gasteiger partial charge is 0.306 e. The summed E-state index contributed by atoms with van der Waals surface area (Å²) in [7, 11) is 0. The largest absolute Gasteiger partial charge is 0.383 e. The number of nitrogen functional groups attached to an aromatic ring is 1. The number of carbonyl (C=O) groups is 1. The van der Waals surface area contributed by atoms with Gasteiger partial charge in [0.15, 0.2) is 0 Å². The van der Waals surface area contributed by atoms with E-state index in [0.29, 0.717) is 21.9 Å². The first-order valence-corrected chi connectivity index (χ1v) is 9.89. The minimum Gasteiger partial charge on any atom is -0.383 e. The van der Waals surface area contributed by atoms with Crippen LogP contribution in [0.15, 0.2) is 29.1 Å². The first kappa shape index (κ1) is 19.7. The van der Waals surface area contributed by atoms with Crippen LogP contribution in [0.4, 0.5) is 10.6 Å². The molecule has 5 nitrogen and oxygen atoms in total. The molecule has 2 rings (SSSR count). The maximum atomic E-state index is 13.1. The fourth-order valence-electron chi connectivity index (χ4n) is 2.85. The number of nitrogens with two attached hydrogens (primary N) is 1. The number of aromatic nitrogens is 2. The molecule has 0 atom stereocenters. The molecule has 0 amide bonds. The van der Waals surface area contributed by atoms with Gasteiger partial charge >= 0.3 is 5.24 Å². The van der Waals surface area contributed by atoms with E-state index in [1.165, 1.54) is 21.1 Å². The van der Waals surface area contributed by atoms with Crippen molar-refractivity contribution in [3.63, 3.8) is 0 Å². The van der Waals surface area contributed by atoms with Crippen molar-refractivity contribution in [3.8, 4) is 11.1 Å². The molecule has 7 heteroatoms. The van der Waals surface area contributed by atoms with E-state index < -0.39 is 0 Å². The van der Waals surface area contributed by atoms with E-state index in [-0.39, 0.29) is 22.7 Å². The van der Waals surface area contributed by atoms with Gasteiger partial charge in [0.2, 0.25) is 0 Å². The Morgan fingerprint density at radius 2 is 1.88 bits per heavy atom. The molecule has 0 bridgehead atoms. The molecule has 0 aliphatic heterocycles. The van der Waals surface area contributed by atoms with Crippen LogP contribution in [0.5, 0.6) is 0 Å². The average Bonchev–Trinajstić information content (AvgIpc) is 2.86. The lowest BCUT2D eigenvalue weighted by Gasteiger charge is -2.18. The molecule has 0 radical (unpaired) electrons. The van der Waals surface area contributed by atoms with Crippen LogP contribution in [0.3, 0.4) is 0 Å². The van der Waals surface area contributed by atoms with Crippen molar-refractivity contribution in [2.75, 3.05) is 11.5 Å². The number of hydrogen-bond acceptors (Lipinski definition) is 4. The second kappa shape index (κ2) is 8.63. The van der Waals surface area contributed by atoms with Crippen LogP contribution < -0.4 is 11.3 Å². The third-order valence-electron chi connectivity index (χ3n) is 4.16. The van der Waals surface area contributed by atoms with Crippen LogP contribution in [0.25, 0.3) is 11.1 Å². The van der Waals surface area contributed by atoms with Crippen molar-refractivity contribution in [3.05, 3.63) is 39.6 Å². The molecule has 0 saturated carbocycles. The fourth-order valence-corrected chi connectivity index (χ4v) is 3.77. The quantitative estimate of drug-likeness (QED) is 0.762. The molecular weight excluding hydrogens is 358 g/mol. The number of halogens is 1. The summed E-state index contributed by atoms with van der Waals surface area (Å²) in [5, 5.41) is 0.204. The van der Waals surface area contributed by atoms with Gasteiger partial charge in [0.1, 0.15) is 5.82 Å². The van der Waals surface area contributed by atoms with Crippen molar-refractivity contribution < 1.29 is 4.79 Å². The van der Waals surface area contributed by atoms with E-state index in [1.807, 2.05) is 20.8 Å². The van der Waals surface area contributed by atoms with Crippen molar-refractivity contribution in [2.45, 2.75) is 46.1 Å². The Labute approximate surface area is 157 Å². The molecular formula is C18H24ClN3O2S. The van der Waals surface area contributed by atoms with Gasteiger partial charge in [-0.15, -0.1) is 0 Å². The van der Waals surface area contributed by atoms with Crippen molar-refractivity contribution in [1.29, 1.82) is 0 Å². The molecule has 0 unspecified atom stereocenters. The molecule has 1 aromatic carbocycles. The zero-order valence-electron chi connectivity index (χ0n) is 14.8. The molecule has 1 aromatic heterocycles. The van der Waals surface area contributed by atoms with Crippen LogP contribution in [0.2, 0.25) is 5.02 Å². The SMILES string of the molecule is CCCSC(=O)n1c(N)c(-c2ccccc2Cl)c(=O)n1C(CC)CC. The van der Waals surface area contributed by atoms with Crippen LogP contribution >= 0.6 is 23.4 Å². The monoisotopic (exact) mass is 381 g/mol. The van der Waals surface area contributed by atoms with Crippen molar-refractivity contribution in [2.24, 2.45) is 0 Å². The van der Waals surface area contributed by atoms with Gasteiger partial charge in [0.25, 0.3) is 5.56 Å². The lowest BCUT2D eigenvalue weighted by atomic mass is 10.1. The van der Waals surface area contributed by atoms with Gasteiger partial charge in [-0.3, -0.25) is 9.59 Å². The number of hydrogen-bond donors (Lipinski definition) is 1. The lowest BCUT2D eigenvalue weighted by molar-refractivity contribution is 0.251. The summed E-state index contributed by atoms with van der Waals surface area (Å²) in [6.45, 7) is 5.99. The predicted octanol–water partition coefficient (Wildman–Crippen LogP) is 5.02. The van der Waals surface area contributed by atoms with Crippen LogP contribution in [0.1, 0.15) is 46.1 Å². The highest BCUT2D eigenvalue weighted by Gasteiger charge is 2.27. The van der Waals surface area contributed by atoms with Gasteiger partial charge in [0, 0.05) is 16.3 Å². The van der Waals surface area contributed by atoms with Crippen LogP contribution in [-0.4, -0.2) is 20.4 Å². The van der Waals surface area contributed by atoms with Gasteiger partial charge in [0.05, 0.1) is 11.6 Å². The van der Waals surface area contributed by atoms with Crippen molar-refractivity contribution in [1.82, 2.24) is 9.36 Å². The normalized spacial score (nSPS) is 11.2. The second-order valence-corrected chi connectivity index (χ2v) is 7.24. The molecule has 0 aliphatic rings. The Morgan fingerprint density at radius 3 is 2.44 bits per heavy atom. The first-order valence-electron chi connectivity index (χ1n) is 8.52. The Morgan fingerprint density at radius 1 is 1.24 bits per heavy atom. The van der Waals surface area contributed by atoms with E-state index in [0.717, 1.165) is 19.3 Å². The fraction of sp³-hybridized carbons (Fsp3) is 0.444. The number of thioether (sulfide) groups is 1. The molecule has 2 aromatic rings. The zero-order valence-corrected chi connectivity index (χ0v) is 16.4. The van der Waals surface area contributed by atoms with E-state index in [9.17, 15) is 9.59 Å². The minimum atomic E-state index is -0.273. The standard InChI is InChI=1S/C18H24ClN3O2S/c1-4-11-25-18(24)22-16(20)15(13-9-7-8-10-14(13)19)17(23)21(22)12(5-2)6-3/h7-10,12H,4-6,11,20H2,1-3H3. The average molecular weight is 382 g/mol. The molecule has 25 heavy (non-hydrogen) atoms. The predicted molar refractivity (Wildman–Crippen MR) is 107 cm³/mol. The van der Waals surface area contributed by atoms with E-state index in [1.54, 1.807) is 24.3 Å². The minimum absolute atomic E-state index is 0.0998. The van der Waals surface area contributed by atoms with Gasteiger partial charge < -0.3 is 5.73 Å². The Bertz CT molecular complexity index is 809. The topological polar surface area (TPSA) is 70.0 Å². The molecule has 0 aliphatic carbocycles. The van der Waals surface area contributed by atoms with Crippen molar-refractivity contribution >= 4 is 34.4 Å². The van der Waals surface area contributed by atoms with Crippen LogP contribution in [-0.2, 0) is 0 Å². The summed E-state index contributed by atoms with van der Waals surface area (Å²) in [5.74, 6) is 0.827. The molecule has 136 valence electrons. The highest BCUT2D eigenvalue weighted by atomic mass is 35.5. The molecule has 0 fully saturated rings. The number of benzene rings is 1. The summed E-state index contributed by atoms with van der Waals surface area (Å²) in [6, 6.07) is 6.95. The lowest BCUT2D eigenvalue weighted by Crippen LogP contribution is -2.30. The van der Waals surface area contributed by atoms with Gasteiger partial charge in [-0.2, -0.15) is 4.68 Å². The number of nitrogens with zero attached hydrogens (tertiary/aromatic N) is 2. The highest BCUT2D eigenvalue weighted by Crippen LogP contribution is 2.32. The molecule has 0 spiro atoms. The third-order valence-corrected chi connectivity index (χ3v) is 5.52. The summed E-state index contributed by atoms with van der Waals surface area (Å²) < 4.78 is 2.83. The van der Waals surface area contributed by atoms with E-state index >= 15 is 0 Å². The van der Waals surface area contributed by atoms with Gasteiger partial charge in [-0.1, -0.05) is 62.3 Å². The van der Waals surface area contributed by atoms with E-state index in [4.69, 9.17) is 17.3 Å². The number of rotatable bonds is 6. The summed E-state index contributed by atoms with van der Waals surface area (Å²) in [6.07, 6.45) is 2.32. The second-order valence-electron chi connectivity index (χ2n) is 5.79. The van der Waals surface area contributed by atoms with Gasteiger partial charge in [-0.25, -0.2) is 4.68 Å². The van der Waals surface area contributed by atoms with Gasteiger partial charge in [-0.05, 0) is 25.3 Å². The van der Waals surface area contributed by atoms with Crippen LogP contribution in [0, 0.1) is 0 Å². The molecule has 1 heterocycles. The highest BCUT2D eigenvalue weighted by molar-refractivity contribution is 8.13. The summed E-state index contributed by atoms with van der Waals surface area (Å²) in [4.78, 5) is 25.9. The zero-order chi connectivity index (χ0) is 18.6. The van der Waals surface area contributed by atoms with E-state index in [2.05, 4.69) is 0 Å². The maximum absolute atomic E-state index is 13.1. The third kappa shape index (κ3) is 3.80. The number of carbonyl (C=O) groups excluding carboxylic acids is 1. The molecule has 2 N–H and O–H groups in total. The first-order chi connectivity index (χ1) is 12.0. The maximum Gasteiger partial charge on any atom is 0.306 e.